The van der Waals surface area contributed by atoms with Gasteiger partial charge in [0.15, 0.2) is 0 Å². The van der Waals surface area contributed by atoms with Crippen LogP contribution in [-0.4, -0.2) is 27.6 Å². The number of carbonyl (C=O) groups is 2. The summed E-state index contributed by atoms with van der Waals surface area (Å²) in [6.45, 7) is 6.18. The van der Waals surface area contributed by atoms with Gasteiger partial charge in [-0.15, -0.1) is 0 Å². The van der Waals surface area contributed by atoms with Crippen molar-refractivity contribution in [2.45, 2.75) is 27.2 Å². The van der Waals surface area contributed by atoms with Gasteiger partial charge in [0.2, 0.25) is 0 Å². The Morgan fingerprint density at radius 1 is 0.967 bits per heavy atom. The largest absolute Gasteiger partial charge is 0.318 e. The van der Waals surface area contributed by atoms with Crippen molar-refractivity contribution >= 4 is 18.0 Å². The lowest BCUT2D eigenvalue weighted by Gasteiger charge is -2.37. The molecule has 1 aromatic carbocycles. The Hall–Kier alpha value is -2.95. The molecular weight excluding hydrogens is 374 g/mol. The minimum absolute atomic E-state index is 0.113. The first-order valence-electron chi connectivity index (χ1n) is 10.8. The first-order chi connectivity index (χ1) is 14.5. The number of carbonyl (C=O) groups excluding carboxylic acids is 2. The summed E-state index contributed by atoms with van der Waals surface area (Å²) in [7, 11) is 0. The third-order valence-corrected chi connectivity index (χ3v) is 7.68. The van der Waals surface area contributed by atoms with Gasteiger partial charge in [0.1, 0.15) is 0 Å². The summed E-state index contributed by atoms with van der Waals surface area (Å²) < 4.78 is 2.18. The molecule has 2 heterocycles. The number of hydrazone groups is 1. The van der Waals surface area contributed by atoms with E-state index in [0.29, 0.717) is 11.8 Å². The van der Waals surface area contributed by atoms with Crippen molar-refractivity contribution in [2.24, 2.45) is 40.6 Å². The van der Waals surface area contributed by atoms with Crippen molar-refractivity contribution in [1.82, 2.24) is 9.58 Å². The second-order valence-corrected chi connectivity index (χ2v) is 9.39. The molecule has 2 saturated carbocycles. The maximum absolute atomic E-state index is 13.1. The van der Waals surface area contributed by atoms with E-state index in [1.807, 2.05) is 13.0 Å². The fraction of sp³-hybridized carbons (Fsp3) is 0.400. The number of hydrogen-bond acceptors (Lipinski definition) is 3. The van der Waals surface area contributed by atoms with Gasteiger partial charge in [0.25, 0.3) is 11.8 Å². The summed E-state index contributed by atoms with van der Waals surface area (Å²) in [6.07, 6.45) is 7.23. The van der Waals surface area contributed by atoms with Crippen molar-refractivity contribution in [3.05, 3.63) is 65.0 Å². The van der Waals surface area contributed by atoms with Crippen LogP contribution in [0, 0.1) is 56.3 Å². The van der Waals surface area contributed by atoms with Crippen LogP contribution < -0.4 is 0 Å². The minimum Gasteiger partial charge on any atom is -0.318 e. The van der Waals surface area contributed by atoms with E-state index in [9.17, 15) is 9.59 Å². The summed E-state index contributed by atoms with van der Waals surface area (Å²) in [6, 6.07) is 10.4. The Kier molecular flexibility index (Phi) is 3.59. The zero-order chi connectivity index (χ0) is 20.7. The zero-order valence-corrected chi connectivity index (χ0v) is 17.4. The van der Waals surface area contributed by atoms with E-state index < -0.39 is 0 Å². The van der Waals surface area contributed by atoms with Gasteiger partial charge in [0, 0.05) is 22.6 Å². The van der Waals surface area contributed by atoms with Crippen molar-refractivity contribution in [1.29, 1.82) is 0 Å². The van der Waals surface area contributed by atoms with Crippen LogP contribution in [0.1, 0.15) is 28.9 Å². The molecule has 0 spiro atoms. The highest BCUT2D eigenvalue weighted by Crippen LogP contribution is 2.65. The van der Waals surface area contributed by atoms with Crippen molar-refractivity contribution in [3.63, 3.8) is 0 Å². The van der Waals surface area contributed by atoms with Crippen LogP contribution in [0.5, 0.6) is 0 Å². The predicted octanol–water partition coefficient (Wildman–Crippen LogP) is 3.79. The Labute approximate surface area is 176 Å². The molecule has 1 aliphatic heterocycles. The third-order valence-electron chi connectivity index (χ3n) is 7.68. The molecule has 1 aromatic heterocycles. The highest BCUT2D eigenvalue weighted by Gasteiger charge is 2.67. The number of rotatable bonds is 3. The van der Waals surface area contributed by atoms with E-state index in [2.05, 4.69) is 59.9 Å². The molecule has 4 aliphatic carbocycles. The fourth-order valence-electron chi connectivity index (χ4n) is 6.26. The number of hydrogen-bond donors (Lipinski definition) is 0. The quantitative estimate of drug-likeness (QED) is 0.448. The number of amides is 2. The monoisotopic (exact) mass is 399 g/mol. The Balaban J connectivity index is 1.31. The van der Waals surface area contributed by atoms with Crippen molar-refractivity contribution in [3.8, 4) is 5.69 Å². The molecule has 30 heavy (non-hydrogen) atoms. The van der Waals surface area contributed by atoms with Gasteiger partial charge in [-0.1, -0.05) is 24.3 Å². The van der Waals surface area contributed by atoms with Crippen molar-refractivity contribution in [2.75, 3.05) is 0 Å². The van der Waals surface area contributed by atoms with Gasteiger partial charge in [-0.05, 0) is 74.6 Å². The van der Waals surface area contributed by atoms with Crippen LogP contribution in [0.4, 0.5) is 0 Å². The van der Waals surface area contributed by atoms with Gasteiger partial charge < -0.3 is 4.57 Å². The number of allylic oxidation sites excluding steroid dienone is 2. The summed E-state index contributed by atoms with van der Waals surface area (Å²) in [5.74, 6) is 1.05. The molecular formula is C25H25N3O2. The van der Waals surface area contributed by atoms with Gasteiger partial charge in [-0.3, -0.25) is 9.59 Å². The molecule has 5 nitrogen and oxygen atoms in total. The lowest BCUT2D eigenvalue weighted by Crippen LogP contribution is -2.40. The standard InChI is InChI=1S/C25H25N3O2/c1-13-5-4-6-17(9-13)27-14(2)10-16(15(27)3)12-26-28-24(29)22-18-7-8-19(21-11-20(18)21)23(22)25(28)30/h4-10,12,18-23H,11H2,1-3H3/b26-12-/t18-,19-,20-,21+,22+,23+/m0/s1. The Morgan fingerprint density at radius 3 is 2.27 bits per heavy atom. The highest BCUT2D eigenvalue weighted by atomic mass is 16.2. The van der Waals surface area contributed by atoms with Gasteiger partial charge in [0.05, 0.1) is 18.1 Å². The van der Waals surface area contributed by atoms with Gasteiger partial charge >= 0.3 is 0 Å². The van der Waals surface area contributed by atoms with E-state index in [1.165, 1.54) is 12.0 Å². The van der Waals surface area contributed by atoms with E-state index in [1.54, 1.807) is 6.21 Å². The normalized spacial score (nSPS) is 33.5. The summed E-state index contributed by atoms with van der Waals surface area (Å²) >= 11 is 0. The van der Waals surface area contributed by atoms with Crippen LogP contribution in [0.2, 0.25) is 0 Å². The van der Waals surface area contributed by atoms with Crippen LogP contribution >= 0.6 is 0 Å². The topological polar surface area (TPSA) is 54.7 Å². The van der Waals surface area contributed by atoms with Crippen LogP contribution in [0.15, 0.2) is 47.6 Å². The number of benzene rings is 1. The molecule has 1 saturated heterocycles. The molecule has 3 fully saturated rings. The van der Waals surface area contributed by atoms with Gasteiger partial charge in [-0.2, -0.15) is 10.1 Å². The molecule has 152 valence electrons. The predicted molar refractivity (Wildman–Crippen MR) is 114 cm³/mol. The number of nitrogens with zero attached hydrogens (tertiary/aromatic N) is 3. The average Bonchev–Trinajstić information content (AvgIpc) is 3.45. The third kappa shape index (κ3) is 2.32. The molecule has 7 rings (SSSR count). The molecule has 0 N–H and O–H groups in total. The molecule has 0 unspecified atom stereocenters. The summed E-state index contributed by atoms with van der Waals surface area (Å²) in [4.78, 5) is 26.2. The lowest BCUT2D eigenvalue weighted by atomic mass is 9.63. The average molecular weight is 399 g/mol. The fourth-order valence-corrected chi connectivity index (χ4v) is 6.26. The zero-order valence-electron chi connectivity index (χ0n) is 17.4. The Morgan fingerprint density at radius 2 is 1.63 bits per heavy atom. The van der Waals surface area contributed by atoms with Gasteiger partial charge in [-0.25, -0.2) is 0 Å². The van der Waals surface area contributed by atoms with Crippen LogP contribution in [0.3, 0.4) is 0 Å². The van der Waals surface area contributed by atoms with E-state index in [0.717, 1.165) is 27.6 Å². The van der Waals surface area contributed by atoms with E-state index in [4.69, 9.17) is 0 Å². The molecule has 6 atom stereocenters. The second kappa shape index (κ2) is 6.03. The van der Waals surface area contributed by atoms with E-state index >= 15 is 0 Å². The number of aryl methyl sites for hydroxylation is 2. The molecule has 5 heteroatoms. The molecule has 2 aromatic rings. The SMILES string of the molecule is Cc1cccc(-n2c(C)cc(/C=N\N3C(=O)[C@@H]4[C@H]5C=C[C@@H]([C@@H]6C[C@H]56)[C@H]4C3=O)c2C)c1. The first kappa shape index (κ1) is 17.9. The molecule has 0 radical (unpaired) electrons. The Bertz CT molecular complexity index is 1120. The van der Waals surface area contributed by atoms with E-state index in [-0.39, 0.29) is 35.5 Å². The first-order valence-corrected chi connectivity index (χ1v) is 10.8. The maximum atomic E-state index is 13.1. The molecule has 5 aliphatic rings. The summed E-state index contributed by atoms with van der Waals surface area (Å²) in [5.41, 5.74) is 5.36. The summed E-state index contributed by atoms with van der Waals surface area (Å²) in [5, 5.41) is 5.57. The number of aromatic nitrogens is 1. The number of imide groups is 1. The van der Waals surface area contributed by atoms with Crippen molar-refractivity contribution < 1.29 is 9.59 Å². The molecule has 2 bridgehead atoms. The smallest absolute Gasteiger partial charge is 0.254 e. The maximum Gasteiger partial charge on any atom is 0.254 e. The molecule has 2 amide bonds. The second-order valence-electron chi connectivity index (χ2n) is 9.39. The van der Waals surface area contributed by atoms with Crippen LogP contribution in [-0.2, 0) is 9.59 Å². The highest BCUT2D eigenvalue weighted by molar-refractivity contribution is 6.06. The lowest BCUT2D eigenvalue weighted by molar-refractivity contribution is -0.140. The van der Waals surface area contributed by atoms with Crippen LogP contribution in [0.25, 0.3) is 5.69 Å². The minimum atomic E-state index is -0.201.